The summed E-state index contributed by atoms with van der Waals surface area (Å²) in [6, 6.07) is 3.92. The topological polar surface area (TPSA) is 51.8 Å². The third kappa shape index (κ3) is 1.99. The number of thiophene rings is 1. The van der Waals surface area contributed by atoms with Gasteiger partial charge >= 0.3 is 0 Å². The lowest BCUT2D eigenvalue weighted by atomic mass is 10.2. The summed E-state index contributed by atoms with van der Waals surface area (Å²) in [4.78, 5) is 9.82. The van der Waals surface area contributed by atoms with Crippen molar-refractivity contribution in [3.63, 3.8) is 0 Å². The monoisotopic (exact) mass is 219 g/mol. The van der Waals surface area contributed by atoms with Crippen LogP contribution >= 0.6 is 11.3 Å². The van der Waals surface area contributed by atoms with Gasteiger partial charge in [0.15, 0.2) is 0 Å². The van der Waals surface area contributed by atoms with Crippen LogP contribution in [0, 0.1) is 6.92 Å². The molecule has 2 aromatic rings. The first-order valence-electron chi connectivity index (χ1n) is 4.88. The zero-order valence-corrected chi connectivity index (χ0v) is 9.64. The average molecular weight is 219 g/mol. The Balaban J connectivity index is 2.53. The summed E-state index contributed by atoms with van der Waals surface area (Å²) in [5, 5.41) is 2.06. The molecule has 0 aromatic carbocycles. The molecule has 0 aliphatic heterocycles. The number of nitrogens with zero attached hydrogens (tertiary/aromatic N) is 2. The van der Waals surface area contributed by atoms with Gasteiger partial charge in [-0.15, -0.1) is 11.3 Å². The third-order valence-corrected chi connectivity index (χ3v) is 3.24. The fourth-order valence-corrected chi connectivity index (χ4v) is 2.31. The van der Waals surface area contributed by atoms with Crippen LogP contribution in [-0.4, -0.2) is 9.97 Å². The van der Waals surface area contributed by atoms with Gasteiger partial charge < -0.3 is 5.73 Å². The highest BCUT2D eigenvalue weighted by molar-refractivity contribution is 7.13. The third-order valence-electron chi connectivity index (χ3n) is 2.20. The van der Waals surface area contributed by atoms with Crippen molar-refractivity contribution >= 4 is 17.2 Å². The maximum atomic E-state index is 5.74. The summed E-state index contributed by atoms with van der Waals surface area (Å²) < 4.78 is 0. The van der Waals surface area contributed by atoms with Crippen LogP contribution in [0.2, 0.25) is 0 Å². The van der Waals surface area contributed by atoms with Gasteiger partial charge in [-0.2, -0.15) is 0 Å². The van der Waals surface area contributed by atoms with Crippen molar-refractivity contribution in [1.82, 2.24) is 9.97 Å². The molecular weight excluding hydrogens is 206 g/mol. The first kappa shape index (κ1) is 10.1. The van der Waals surface area contributed by atoms with E-state index in [1.165, 1.54) is 10.4 Å². The molecule has 2 heterocycles. The van der Waals surface area contributed by atoms with Crippen molar-refractivity contribution in [2.24, 2.45) is 0 Å². The fraction of sp³-hybridized carbons (Fsp3) is 0.273. The van der Waals surface area contributed by atoms with E-state index in [0.29, 0.717) is 5.82 Å². The summed E-state index contributed by atoms with van der Waals surface area (Å²) in [7, 11) is 0. The quantitative estimate of drug-likeness (QED) is 0.844. The van der Waals surface area contributed by atoms with Gasteiger partial charge in [-0.25, -0.2) is 9.97 Å². The van der Waals surface area contributed by atoms with Crippen molar-refractivity contribution in [2.45, 2.75) is 20.3 Å². The van der Waals surface area contributed by atoms with Gasteiger partial charge in [-0.1, -0.05) is 6.92 Å². The molecule has 0 saturated heterocycles. The Bertz CT molecular complexity index is 476. The summed E-state index contributed by atoms with van der Waals surface area (Å²) >= 11 is 1.68. The minimum atomic E-state index is 0.546. The minimum Gasteiger partial charge on any atom is -0.384 e. The van der Waals surface area contributed by atoms with Gasteiger partial charge in [-0.3, -0.25) is 0 Å². The standard InChI is InChI=1S/C11H13N3S/c1-3-10-13-8(6-9(12)14-10)11-7(2)4-5-15-11/h4-6H,3H2,1-2H3,(H2,12,13,14). The molecule has 15 heavy (non-hydrogen) atoms. The average Bonchev–Trinajstić information content (AvgIpc) is 2.63. The Morgan fingerprint density at radius 1 is 1.40 bits per heavy atom. The molecule has 0 spiro atoms. The number of nitrogens with two attached hydrogens (primary N) is 1. The molecule has 0 fully saturated rings. The number of rotatable bonds is 2. The van der Waals surface area contributed by atoms with Gasteiger partial charge in [0.25, 0.3) is 0 Å². The van der Waals surface area contributed by atoms with Gasteiger partial charge in [0, 0.05) is 12.5 Å². The zero-order valence-electron chi connectivity index (χ0n) is 8.82. The van der Waals surface area contributed by atoms with Crippen molar-refractivity contribution in [3.8, 4) is 10.6 Å². The SMILES string of the molecule is CCc1nc(N)cc(-c2sccc2C)n1. The second kappa shape index (κ2) is 3.98. The summed E-state index contributed by atoms with van der Waals surface area (Å²) in [6.07, 6.45) is 0.808. The molecule has 0 radical (unpaired) electrons. The van der Waals surface area contributed by atoms with Crippen molar-refractivity contribution in [1.29, 1.82) is 0 Å². The van der Waals surface area contributed by atoms with E-state index < -0.39 is 0 Å². The van der Waals surface area contributed by atoms with Gasteiger partial charge in [0.1, 0.15) is 11.6 Å². The number of aromatic nitrogens is 2. The molecule has 0 saturated carbocycles. The first-order chi connectivity index (χ1) is 7.20. The van der Waals surface area contributed by atoms with E-state index in [1.807, 2.05) is 13.0 Å². The van der Waals surface area contributed by atoms with Crippen LogP contribution in [0.1, 0.15) is 18.3 Å². The minimum absolute atomic E-state index is 0.546. The molecule has 0 amide bonds. The molecule has 3 nitrogen and oxygen atoms in total. The second-order valence-electron chi connectivity index (χ2n) is 3.38. The number of nitrogen functional groups attached to an aromatic ring is 1. The second-order valence-corrected chi connectivity index (χ2v) is 4.30. The number of hydrogen-bond donors (Lipinski definition) is 1. The smallest absolute Gasteiger partial charge is 0.131 e. The predicted molar refractivity (Wildman–Crippen MR) is 63.9 cm³/mol. The van der Waals surface area contributed by atoms with Crippen LogP contribution in [0.15, 0.2) is 17.5 Å². The molecule has 2 aromatic heterocycles. The lowest BCUT2D eigenvalue weighted by Gasteiger charge is -2.03. The van der Waals surface area contributed by atoms with Crippen LogP contribution in [-0.2, 0) is 6.42 Å². The highest BCUT2D eigenvalue weighted by Gasteiger charge is 2.07. The van der Waals surface area contributed by atoms with Gasteiger partial charge in [0.2, 0.25) is 0 Å². The molecule has 2 rings (SSSR count). The molecule has 0 bridgehead atoms. The van der Waals surface area contributed by atoms with E-state index in [1.54, 1.807) is 11.3 Å². The zero-order chi connectivity index (χ0) is 10.8. The van der Waals surface area contributed by atoms with Crippen LogP contribution in [0.5, 0.6) is 0 Å². The van der Waals surface area contributed by atoms with Gasteiger partial charge in [0.05, 0.1) is 10.6 Å². The van der Waals surface area contributed by atoms with E-state index in [0.717, 1.165) is 17.9 Å². The molecule has 4 heteroatoms. The van der Waals surface area contributed by atoms with E-state index in [2.05, 4.69) is 28.3 Å². The number of anilines is 1. The molecule has 0 unspecified atom stereocenters. The Morgan fingerprint density at radius 2 is 2.20 bits per heavy atom. The molecule has 0 aliphatic rings. The molecule has 2 N–H and O–H groups in total. The predicted octanol–water partition coefficient (Wildman–Crippen LogP) is 2.66. The van der Waals surface area contributed by atoms with Gasteiger partial charge in [-0.05, 0) is 23.9 Å². The molecule has 0 atom stereocenters. The van der Waals surface area contributed by atoms with Crippen LogP contribution in [0.25, 0.3) is 10.6 Å². The largest absolute Gasteiger partial charge is 0.384 e. The highest BCUT2D eigenvalue weighted by Crippen LogP contribution is 2.28. The van der Waals surface area contributed by atoms with E-state index in [-0.39, 0.29) is 0 Å². The Morgan fingerprint density at radius 3 is 2.80 bits per heavy atom. The van der Waals surface area contributed by atoms with Crippen LogP contribution in [0.4, 0.5) is 5.82 Å². The lowest BCUT2D eigenvalue weighted by Crippen LogP contribution is -1.99. The molecule has 0 aliphatic carbocycles. The van der Waals surface area contributed by atoms with Crippen molar-refractivity contribution in [3.05, 3.63) is 28.9 Å². The van der Waals surface area contributed by atoms with E-state index >= 15 is 0 Å². The van der Waals surface area contributed by atoms with Crippen LogP contribution in [0.3, 0.4) is 0 Å². The highest BCUT2D eigenvalue weighted by atomic mass is 32.1. The normalized spacial score (nSPS) is 10.5. The summed E-state index contributed by atoms with van der Waals surface area (Å²) in [5.74, 6) is 1.35. The van der Waals surface area contributed by atoms with E-state index in [9.17, 15) is 0 Å². The summed E-state index contributed by atoms with van der Waals surface area (Å²) in [6.45, 7) is 4.11. The Hall–Kier alpha value is -1.42. The first-order valence-corrected chi connectivity index (χ1v) is 5.76. The summed E-state index contributed by atoms with van der Waals surface area (Å²) in [5.41, 5.74) is 7.92. The molecule has 78 valence electrons. The maximum absolute atomic E-state index is 5.74. The lowest BCUT2D eigenvalue weighted by molar-refractivity contribution is 0.949. The van der Waals surface area contributed by atoms with Crippen molar-refractivity contribution in [2.75, 3.05) is 5.73 Å². The molecular formula is C11H13N3S. The number of aryl methyl sites for hydroxylation is 2. The Kier molecular flexibility index (Phi) is 2.68. The van der Waals surface area contributed by atoms with Crippen molar-refractivity contribution < 1.29 is 0 Å². The maximum Gasteiger partial charge on any atom is 0.131 e. The fourth-order valence-electron chi connectivity index (χ4n) is 1.43. The number of hydrogen-bond acceptors (Lipinski definition) is 4. The van der Waals surface area contributed by atoms with Crippen LogP contribution < -0.4 is 5.73 Å². The van der Waals surface area contributed by atoms with E-state index in [4.69, 9.17) is 5.73 Å². The Labute approximate surface area is 93.0 Å².